The molecule has 1 aliphatic carbocycles. The number of rotatable bonds is 4. The van der Waals surface area contributed by atoms with Crippen LogP contribution < -0.4 is 10.6 Å². The van der Waals surface area contributed by atoms with E-state index in [1.807, 2.05) is 60.7 Å². The highest BCUT2D eigenvalue weighted by molar-refractivity contribution is 7.74. The Morgan fingerprint density at radius 1 is 0.857 bits per heavy atom. The van der Waals surface area contributed by atoms with Gasteiger partial charge in [0.15, 0.2) is 0 Å². The normalized spacial score (nSPS) is 18.6. The molecule has 1 atom stereocenters. The molecule has 2 nitrogen and oxygen atoms in total. The molecule has 0 saturated heterocycles. The first-order chi connectivity index (χ1) is 10.3. The van der Waals surface area contributed by atoms with Crippen molar-refractivity contribution in [3.05, 3.63) is 72.8 Å². The first-order valence-electron chi connectivity index (χ1n) is 7.34. The monoisotopic (exact) mass is 298 g/mol. The quantitative estimate of drug-likeness (QED) is 0.629. The summed E-state index contributed by atoms with van der Waals surface area (Å²) in [6, 6.07) is 19.1. The summed E-state index contributed by atoms with van der Waals surface area (Å²) >= 11 is 0. The lowest BCUT2D eigenvalue weighted by Crippen LogP contribution is -2.23. The van der Waals surface area contributed by atoms with Gasteiger partial charge in [0.25, 0.3) is 7.37 Å². The highest BCUT2D eigenvalue weighted by atomic mass is 31.2. The van der Waals surface area contributed by atoms with Crippen LogP contribution in [0, 0.1) is 0 Å². The van der Waals surface area contributed by atoms with Gasteiger partial charge < -0.3 is 4.52 Å². The summed E-state index contributed by atoms with van der Waals surface area (Å²) in [5.41, 5.74) is 0. The molecular weight excluding hydrogens is 279 g/mol. The van der Waals surface area contributed by atoms with Crippen molar-refractivity contribution >= 4 is 18.0 Å². The van der Waals surface area contributed by atoms with Gasteiger partial charge >= 0.3 is 0 Å². The van der Waals surface area contributed by atoms with Gasteiger partial charge in [-0.05, 0) is 43.5 Å². The maximum atomic E-state index is 13.6. The molecule has 21 heavy (non-hydrogen) atoms. The van der Waals surface area contributed by atoms with E-state index >= 15 is 0 Å². The van der Waals surface area contributed by atoms with Gasteiger partial charge in [-0.2, -0.15) is 0 Å². The van der Waals surface area contributed by atoms with Gasteiger partial charge in [0.1, 0.15) is 0 Å². The zero-order chi connectivity index (χ0) is 14.5. The molecule has 2 aromatic carbocycles. The molecule has 0 saturated carbocycles. The molecule has 0 aromatic heterocycles. The molecule has 2 aromatic rings. The van der Waals surface area contributed by atoms with Crippen molar-refractivity contribution in [2.24, 2.45) is 0 Å². The van der Waals surface area contributed by atoms with Crippen LogP contribution >= 0.6 is 7.37 Å². The van der Waals surface area contributed by atoms with Crippen LogP contribution in [0.25, 0.3) is 0 Å². The summed E-state index contributed by atoms with van der Waals surface area (Å²) < 4.78 is 19.8. The van der Waals surface area contributed by atoms with E-state index in [4.69, 9.17) is 4.52 Å². The van der Waals surface area contributed by atoms with E-state index in [9.17, 15) is 4.57 Å². The van der Waals surface area contributed by atoms with E-state index in [-0.39, 0.29) is 6.10 Å². The lowest BCUT2D eigenvalue weighted by molar-refractivity contribution is 0.201. The second-order valence-electron chi connectivity index (χ2n) is 5.23. The Balaban J connectivity index is 1.99. The topological polar surface area (TPSA) is 26.3 Å². The molecule has 0 radical (unpaired) electrons. The van der Waals surface area contributed by atoms with Gasteiger partial charge in [-0.3, -0.25) is 4.57 Å². The number of benzene rings is 2. The third kappa shape index (κ3) is 3.18. The van der Waals surface area contributed by atoms with Crippen molar-refractivity contribution in [3.63, 3.8) is 0 Å². The summed E-state index contributed by atoms with van der Waals surface area (Å²) in [4.78, 5) is 0. The second-order valence-corrected chi connectivity index (χ2v) is 7.58. The first kappa shape index (κ1) is 14.3. The zero-order valence-electron chi connectivity index (χ0n) is 11.9. The Morgan fingerprint density at radius 3 is 1.90 bits per heavy atom. The Labute approximate surface area is 125 Å². The van der Waals surface area contributed by atoms with Crippen molar-refractivity contribution in [2.75, 3.05) is 0 Å². The summed E-state index contributed by atoms with van der Waals surface area (Å²) in [6.45, 7) is 0. The van der Waals surface area contributed by atoms with Crippen LogP contribution in [0.1, 0.15) is 19.3 Å². The standard InChI is InChI=1S/C18H19O2P/c19-21(17-12-6-2-7-13-17,18-14-8-3-9-15-18)20-16-10-4-1-5-11-16/h1-4,6-9,12-16H,5,10-11H2. The molecule has 0 fully saturated rings. The lowest BCUT2D eigenvalue weighted by atomic mass is 10.1. The fourth-order valence-electron chi connectivity index (χ4n) is 2.59. The largest absolute Gasteiger partial charge is 0.318 e. The fourth-order valence-corrected chi connectivity index (χ4v) is 4.87. The summed E-state index contributed by atoms with van der Waals surface area (Å²) in [5.74, 6) is 0. The van der Waals surface area contributed by atoms with Crippen molar-refractivity contribution in [3.8, 4) is 0 Å². The SMILES string of the molecule is O=P(OC1CC=CCC1)(c1ccccc1)c1ccccc1. The number of hydrogen-bond acceptors (Lipinski definition) is 2. The van der Waals surface area contributed by atoms with Crippen molar-refractivity contribution in [2.45, 2.75) is 25.4 Å². The van der Waals surface area contributed by atoms with Crippen LogP contribution in [0.5, 0.6) is 0 Å². The predicted molar refractivity (Wildman–Crippen MR) is 87.6 cm³/mol. The molecule has 0 bridgehead atoms. The molecule has 108 valence electrons. The van der Waals surface area contributed by atoms with Gasteiger partial charge in [-0.25, -0.2) is 0 Å². The van der Waals surface area contributed by atoms with Crippen molar-refractivity contribution in [1.82, 2.24) is 0 Å². The number of hydrogen-bond donors (Lipinski definition) is 0. The highest BCUT2D eigenvalue weighted by Crippen LogP contribution is 2.47. The minimum absolute atomic E-state index is 0.0289. The van der Waals surface area contributed by atoms with Gasteiger partial charge in [-0.15, -0.1) is 0 Å². The Hall–Kier alpha value is -1.63. The van der Waals surface area contributed by atoms with Gasteiger partial charge in [-0.1, -0.05) is 48.6 Å². The van der Waals surface area contributed by atoms with E-state index in [0.29, 0.717) is 0 Å². The molecule has 0 N–H and O–H groups in total. The van der Waals surface area contributed by atoms with Gasteiger partial charge in [0, 0.05) is 10.6 Å². The van der Waals surface area contributed by atoms with Crippen LogP contribution in [0.2, 0.25) is 0 Å². The lowest BCUT2D eigenvalue weighted by Gasteiger charge is -2.26. The van der Waals surface area contributed by atoms with Crippen molar-refractivity contribution in [1.29, 1.82) is 0 Å². The molecular formula is C18H19O2P. The third-order valence-electron chi connectivity index (χ3n) is 3.71. The Kier molecular flexibility index (Phi) is 4.38. The van der Waals surface area contributed by atoms with Crippen LogP contribution in [-0.2, 0) is 9.09 Å². The molecule has 0 heterocycles. The first-order valence-corrected chi connectivity index (χ1v) is 8.96. The van der Waals surface area contributed by atoms with Crippen LogP contribution in [-0.4, -0.2) is 6.10 Å². The van der Waals surface area contributed by atoms with Crippen LogP contribution in [0.4, 0.5) is 0 Å². The Bertz CT molecular complexity index is 606. The zero-order valence-corrected chi connectivity index (χ0v) is 12.8. The molecule has 3 rings (SSSR count). The highest BCUT2D eigenvalue weighted by Gasteiger charge is 2.31. The molecule has 1 unspecified atom stereocenters. The fraction of sp³-hybridized carbons (Fsp3) is 0.222. The Morgan fingerprint density at radius 2 is 1.43 bits per heavy atom. The average molecular weight is 298 g/mol. The molecule has 0 amide bonds. The maximum Gasteiger partial charge on any atom is 0.261 e. The van der Waals surface area contributed by atoms with E-state index in [2.05, 4.69) is 12.2 Å². The van der Waals surface area contributed by atoms with Crippen LogP contribution in [0.15, 0.2) is 72.8 Å². The van der Waals surface area contributed by atoms with E-state index < -0.39 is 7.37 Å². The summed E-state index contributed by atoms with van der Waals surface area (Å²) in [7, 11) is -3.03. The molecule has 0 spiro atoms. The second kappa shape index (κ2) is 6.43. The molecule has 1 aliphatic rings. The minimum atomic E-state index is -3.03. The predicted octanol–water partition coefficient (Wildman–Crippen LogP) is 4.04. The van der Waals surface area contributed by atoms with Crippen LogP contribution in [0.3, 0.4) is 0 Å². The van der Waals surface area contributed by atoms with Crippen molar-refractivity contribution < 1.29 is 9.09 Å². The molecule has 0 aliphatic heterocycles. The van der Waals surface area contributed by atoms with E-state index in [1.54, 1.807) is 0 Å². The average Bonchev–Trinajstić information content (AvgIpc) is 2.57. The third-order valence-corrected chi connectivity index (χ3v) is 6.26. The smallest absolute Gasteiger partial charge is 0.261 e. The van der Waals surface area contributed by atoms with E-state index in [0.717, 1.165) is 29.9 Å². The van der Waals surface area contributed by atoms with Gasteiger partial charge in [0.2, 0.25) is 0 Å². The number of allylic oxidation sites excluding steroid dienone is 1. The summed E-state index contributed by atoms with van der Waals surface area (Å²) in [5, 5.41) is 1.54. The molecule has 3 heteroatoms. The van der Waals surface area contributed by atoms with E-state index in [1.165, 1.54) is 0 Å². The summed E-state index contributed by atoms with van der Waals surface area (Å²) in [6.07, 6.45) is 7.07. The maximum absolute atomic E-state index is 13.6. The minimum Gasteiger partial charge on any atom is -0.318 e. The van der Waals surface area contributed by atoms with Gasteiger partial charge in [0.05, 0.1) is 6.10 Å².